The molecule has 2 aliphatic heterocycles. The van der Waals surface area contributed by atoms with Crippen molar-refractivity contribution in [2.24, 2.45) is 5.41 Å². The molecule has 0 aliphatic carbocycles. The predicted octanol–water partition coefficient (Wildman–Crippen LogP) is 7.03. The molecule has 0 saturated heterocycles. The van der Waals surface area contributed by atoms with Gasteiger partial charge in [0, 0.05) is 23.5 Å². The number of phenolic OH excluding ortho intramolecular Hbond substituents is 1. The highest BCUT2D eigenvalue weighted by molar-refractivity contribution is 7.95. The van der Waals surface area contributed by atoms with E-state index in [1.807, 2.05) is 44.2 Å². The highest BCUT2D eigenvalue weighted by Gasteiger charge is 2.48. The number of nitrogens with zero attached hydrogens (tertiary/aromatic N) is 2. The van der Waals surface area contributed by atoms with Gasteiger partial charge in [-0.2, -0.15) is 0 Å². The Morgan fingerprint density at radius 1 is 1.11 bits per heavy atom. The zero-order valence-corrected chi connectivity index (χ0v) is 25.5. The number of aromatic hydroxyl groups is 1. The molecular formula is C33H29ClFN3O5S. The number of pyridine rings is 1. The summed E-state index contributed by atoms with van der Waals surface area (Å²) in [6.07, 6.45) is 1.65. The Balaban J connectivity index is 1.57. The quantitative estimate of drug-likeness (QED) is 0.227. The van der Waals surface area contributed by atoms with Gasteiger partial charge in [0.2, 0.25) is 0 Å². The number of anilines is 2. The average molecular weight is 634 g/mol. The number of sulfone groups is 1. The van der Waals surface area contributed by atoms with E-state index in [9.17, 15) is 18.3 Å². The molecule has 3 heterocycles. The summed E-state index contributed by atoms with van der Waals surface area (Å²) in [4.78, 5) is 19.5. The lowest BCUT2D eigenvalue weighted by Crippen LogP contribution is -2.41. The number of carbonyl (C=O) groups excluding carboxylic acids is 1. The van der Waals surface area contributed by atoms with Crippen LogP contribution in [0.5, 0.6) is 11.5 Å². The van der Waals surface area contributed by atoms with E-state index in [4.69, 9.17) is 16.3 Å². The van der Waals surface area contributed by atoms with Gasteiger partial charge in [0.15, 0.2) is 9.84 Å². The normalized spacial score (nSPS) is 18.5. The number of hydrogen-bond acceptors (Lipinski definition) is 7. The number of hydrogen-bond donors (Lipinski definition) is 2. The van der Waals surface area contributed by atoms with Gasteiger partial charge in [0.05, 0.1) is 21.4 Å². The number of para-hydroxylation sites is 1. The molecule has 1 unspecified atom stereocenters. The number of benzene rings is 3. The molecular weight excluding hydrogens is 605 g/mol. The maximum Gasteiger partial charge on any atom is 0.279 e. The highest BCUT2D eigenvalue weighted by Crippen LogP contribution is 2.52. The molecule has 0 fully saturated rings. The van der Waals surface area contributed by atoms with Gasteiger partial charge in [-0.05, 0) is 53.8 Å². The molecule has 2 aliphatic rings. The van der Waals surface area contributed by atoms with E-state index < -0.39 is 33.0 Å². The Morgan fingerprint density at radius 2 is 1.89 bits per heavy atom. The molecule has 8 nitrogen and oxygen atoms in total. The Morgan fingerprint density at radius 3 is 2.61 bits per heavy atom. The van der Waals surface area contributed by atoms with Gasteiger partial charge in [-0.1, -0.05) is 61.8 Å². The van der Waals surface area contributed by atoms with Crippen LogP contribution in [0.1, 0.15) is 47.9 Å². The Hall–Kier alpha value is -4.41. The summed E-state index contributed by atoms with van der Waals surface area (Å²) in [5, 5.41) is 14.1. The van der Waals surface area contributed by atoms with Crippen LogP contribution in [0.4, 0.5) is 15.8 Å². The van der Waals surface area contributed by atoms with Crippen molar-refractivity contribution < 1.29 is 27.4 Å². The smallest absolute Gasteiger partial charge is 0.279 e. The van der Waals surface area contributed by atoms with Crippen molar-refractivity contribution in [2.75, 3.05) is 16.0 Å². The summed E-state index contributed by atoms with van der Waals surface area (Å²) in [5.74, 6) is -1.77. The number of nitrogens with one attached hydrogen (secondary N) is 1. The van der Waals surface area contributed by atoms with E-state index in [0.717, 1.165) is 10.5 Å². The molecule has 0 radical (unpaired) electrons. The summed E-state index contributed by atoms with van der Waals surface area (Å²) in [6.45, 7) is 3.83. The minimum Gasteiger partial charge on any atom is -0.506 e. The second-order valence-corrected chi connectivity index (χ2v) is 14.0. The average Bonchev–Trinajstić information content (AvgIpc) is 3.11. The van der Waals surface area contributed by atoms with E-state index in [1.54, 1.807) is 18.2 Å². The Labute approximate surface area is 259 Å². The van der Waals surface area contributed by atoms with Crippen molar-refractivity contribution in [1.82, 2.24) is 4.98 Å². The van der Waals surface area contributed by atoms with E-state index in [0.29, 0.717) is 0 Å². The number of amides is 1. The fourth-order valence-corrected chi connectivity index (χ4v) is 8.39. The predicted molar refractivity (Wildman–Crippen MR) is 167 cm³/mol. The first-order valence-electron chi connectivity index (χ1n) is 13.9. The van der Waals surface area contributed by atoms with Crippen molar-refractivity contribution in [3.63, 3.8) is 0 Å². The number of phenols is 1. The maximum absolute atomic E-state index is 16.3. The van der Waals surface area contributed by atoms with Crippen LogP contribution in [0.2, 0.25) is 5.02 Å². The zero-order chi connectivity index (χ0) is 31.2. The number of rotatable bonds is 5. The van der Waals surface area contributed by atoms with Gasteiger partial charge in [0.1, 0.15) is 41.3 Å². The third kappa shape index (κ3) is 5.51. The summed E-state index contributed by atoms with van der Waals surface area (Å²) in [5.41, 5.74) is 0.474. The highest BCUT2D eigenvalue weighted by atomic mass is 35.5. The van der Waals surface area contributed by atoms with Crippen molar-refractivity contribution >= 4 is 38.7 Å². The van der Waals surface area contributed by atoms with Gasteiger partial charge in [-0.3, -0.25) is 9.69 Å². The van der Waals surface area contributed by atoms with Gasteiger partial charge in [0.25, 0.3) is 5.91 Å². The number of fused-ring (bicyclic) bond motifs is 1. The molecule has 44 heavy (non-hydrogen) atoms. The molecule has 1 amide bonds. The fourth-order valence-electron chi connectivity index (χ4n) is 5.83. The molecule has 226 valence electrons. The molecule has 3 aromatic carbocycles. The molecule has 0 bridgehead atoms. The Bertz CT molecular complexity index is 1910. The third-order valence-corrected chi connectivity index (χ3v) is 10.2. The van der Waals surface area contributed by atoms with Crippen LogP contribution < -0.4 is 15.0 Å². The molecule has 1 aromatic heterocycles. The minimum atomic E-state index is -4.08. The monoisotopic (exact) mass is 633 g/mol. The number of aromatic nitrogens is 1. The lowest BCUT2D eigenvalue weighted by molar-refractivity contribution is 0.0975. The lowest BCUT2D eigenvalue weighted by Gasteiger charge is -2.37. The van der Waals surface area contributed by atoms with Gasteiger partial charge in [-0.25, -0.2) is 17.8 Å². The van der Waals surface area contributed by atoms with E-state index >= 15 is 4.39 Å². The third-order valence-electron chi connectivity index (χ3n) is 7.63. The summed E-state index contributed by atoms with van der Waals surface area (Å²) >= 11 is 6.40. The summed E-state index contributed by atoms with van der Waals surface area (Å²) < 4.78 is 50.4. The van der Waals surface area contributed by atoms with E-state index in [1.165, 1.54) is 36.5 Å². The van der Waals surface area contributed by atoms with Crippen molar-refractivity contribution in [3.05, 3.63) is 123 Å². The van der Waals surface area contributed by atoms with E-state index in [-0.39, 0.29) is 68.5 Å². The summed E-state index contributed by atoms with van der Waals surface area (Å²) in [7, 11) is -4.08. The van der Waals surface area contributed by atoms with Crippen LogP contribution >= 0.6 is 11.6 Å². The SMILES string of the molecule is CC1(C)CC2=C(C(c3ccc(OCc4ccccc4)cc3F)N(C(=O)c3ncccc3Cl)c3cccc(O)c3N2)S(=O)(=O)C1. The molecule has 11 heteroatoms. The number of carbonyl (C=O) groups is 1. The number of ether oxygens (including phenoxy) is 1. The van der Waals surface area contributed by atoms with Gasteiger partial charge >= 0.3 is 0 Å². The number of halogens is 2. The van der Waals surface area contributed by atoms with Crippen LogP contribution in [0.3, 0.4) is 0 Å². The van der Waals surface area contributed by atoms with Gasteiger partial charge < -0.3 is 15.2 Å². The second-order valence-electron chi connectivity index (χ2n) is 11.6. The Kier molecular flexibility index (Phi) is 7.59. The van der Waals surface area contributed by atoms with Crippen molar-refractivity contribution in [2.45, 2.75) is 32.9 Å². The largest absolute Gasteiger partial charge is 0.506 e. The van der Waals surface area contributed by atoms with Crippen LogP contribution in [0.15, 0.2) is 95.7 Å². The standard InChI is InChI=1S/C33H29ClFN3O5S/c1-33(2)17-25-31(44(41,42)19-33)30(22-14-13-21(16-24(22)35)43-18-20-8-4-3-5-9-20)38(26-11-6-12-27(39)29(26)37-25)32(40)28-23(34)10-7-15-36-28/h3-16,30,37,39H,17-19H2,1-2H3. The molecule has 4 aromatic rings. The van der Waals surface area contributed by atoms with Crippen LogP contribution in [-0.2, 0) is 16.4 Å². The second kappa shape index (κ2) is 11.3. The molecule has 0 saturated carbocycles. The molecule has 6 rings (SSSR count). The maximum atomic E-state index is 16.3. The van der Waals surface area contributed by atoms with Crippen molar-refractivity contribution in [1.29, 1.82) is 0 Å². The molecule has 0 spiro atoms. The molecule has 2 N–H and O–H groups in total. The van der Waals surface area contributed by atoms with Crippen LogP contribution in [0, 0.1) is 11.2 Å². The van der Waals surface area contributed by atoms with Gasteiger partial charge in [-0.15, -0.1) is 0 Å². The van der Waals surface area contributed by atoms with Crippen molar-refractivity contribution in [3.8, 4) is 11.5 Å². The first kappa shape index (κ1) is 29.7. The summed E-state index contributed by atoms with van der Waals surface area (Å²) in [6, 6.07) is 19.6. The lowest BCUT2D eigenvalue weighted by atomic mass is 9.88. The zero-order valence-electron chi connectivity index (χ0n) is 23.9. The number of allylic oxidation sites excluding steroid dienone is 1. The first-order chi connectivity index (χ1) is 20.9. The topological polar surface area (TPSA) is 109 Å². The molecule has 1 atom stereocenters. The van der Waals surface area contributed by atoms with Crippen LogP contribution in [-0.4, -0.2) is 30.2 Å². The van der Waals surface area contributed by atoms with E-state index in [2.05, 4.69) is 10.3 Å². The first-order valence-corrected chi connectivity index (χ1v) is 15.9. The van der Waals surface area contributed by atoms with Crippen LogP contribution in [0.25, 0.3) is 0 Å². The fraction of sp³-hybridized carbons (Fsp3) is 0.212. The minimum absolute atomic E-state index is 0.0297.